The lowest BCUT2D eigenvalue weighted by Gasteiger charge is -2.07. The predicted octanol–water partition coefficient (Wildman–Crippen LogP) is 2.22. The standard InChI is InChI=1S/C16H15NO3S/c18-13-5-4-6-14-9-11-15(12-10-14)17-21(19,20)16-7-2-1-3-8-16/h1-3,7-12,17-18H,5,13H2. The van der Waals surface area contributed by atoms with Crippen molar-refractivity contribution in [1.29, 1.82) is 0 Å². The van der Waals surface area contributed by atoms with Crippen molar-refractivity contribution < 1.29 is 13.5 Å². The lowest BCUT2D eigenvalue weighted by atomic mass is 10.2. The van der Waals surface area contributed by atoms with Gasteiger partial charge in [-0.2, -0.15) is 0 Å². The summed E-state index contributed by atoms with van der Waals surface area (Å²) < 4.78 is 26.8. The van der Waals surface area contributed by atoms with E-state index in [9.17, 15) is 8.42 Å². The number of aliphatic hydroxyl groups excluding tert-OH is 1. The molecule has 0 atom stereocenters. The van der Waals surface area contributed by atoms with Crippen molar-refractivity contribution in [2.24, 2.45) is 0 Å². The monoisotopic (exact) mass is 301 g/mol. The Bertz CT molecular complexity index is 742. The summed E-state index contributed by atoms with van der Waals surface area (Å²) in [5.41, 5.74) is 1.25. The topological polar surface area (TPSA) is 66.4 Å². The SMILES string of the molecule is O=S(=O)(Nc1ccc(C#CCCO)cc1)c1ccccc1. The van der Waals surface area contributed by atoms with Crippen LogP contribution in [0.25, 0.3) is 0 Å². The molecular formula is C16H15NO3S. The minimum Gasteiger partial charge on any atom is -0.395 e. The molecule has 0 aliphatic rings. The number of anilines is 1. The quantitative estimate of drug-likeness (QED) is 0.851. The summed E-state index contributed by atoms with van der Waals surface area (Å²) in [6.07, 6.45) is 0.419. The van der Waals surface area contributed by atoms with Gasteiger partial charge >= 0.3 is 0 Å². The van der Waals surface area contributed by atoms with Crippen LogP contribution >= 0.6 is 0 Å². The molecule has 0 aromatic heterocycles. The Morgan fingerprint density at radius 1 is 1.00 bits per heavy atom. The van der Waals surface area contributed by atoms with Crippen LogP contribution in [0.5, 0.6) is 0 Å². The summed E-state index contributed by atoms with van der Waals surface area (Å²) in [7, 11) is -3.57. The van der Waals surface area contributed by atoms with Crippen LogP contribution in [0, 0.1) is 11.8 Å². The molecule has 0 bridgehead atoms. The van der Waals surface area contributed by atoms with Gasteiger partial charge in [0.1, 0.15) is 0 Å². The molecule has 2 rings (SSSR count). The number of hydrogen-bond acceptors (Lipinski definition) is 3. The Labute approximate surface area is 124 Å². The summed E-state index contributed by atoms with van der Waals surface area (Å²) >= 11 is 0. The third-order valence-corrected chi connectivity index (χ3v) is 4.06. The molecule has 2 N–H and O–H groups in total. The molecule has 5 heteroatoms. The highest BCUT2D eigenvalue weighted by molar-refractivity contribution is 7.92. The maximum Gasteiger partial charge on any atom is 0.261 e. The van der Waals surface area contributed by atoms with Gasteiger partial charge < -0.3 is 5.11 Å². The molecule has 0 saturated heterocycles. The number of nitrogens with one attached hydrogen (secondary N) is 1. The van der Waals surface area contributed by atoms with E-state index in [0.717, 1.165) is 5.56 Å². The van der Waals surface area contributed by atoms with Crippen molar-refractivity contribution in [2.45, 2.75) is 11.3 Å². The fourth-order valence-electron chi connectivity index (χ4n) is 1.66. The number of benzene rings is 2. The van der Waals surface area contributed by atoms with Gasteiger partial charge in [0.2, 0.25) is 0 Å². The van der Waals surface area contributed by atoms with Crippen LogP contribution in [0.4, 0.5) is 5.69 Å². The van der Waals surface area contributed by atoms with Gasteiger partial charge in [0, 0.05) is 17.7 Å². The summed E-state index contributed by atoms with van der Waals surface area (Å²) in [6.45, 7) is 0.0297. The second-order valence-corrected chi connectivity index (χ2v) is 5.95. The zero-order chi connectivity index (χ0) is 15.1. The molecule has 0 unspecified atom stereocenters. The average molecular weight is 301 g/mol. The Morgan fingerprint density at radius 3 is 2.29 bits per heavy atom. The molecule has 0 heterocycles. The molecule has 2 aromatic rings. The Morgan fingerprint density at radius 2 is 1.67 bits per heavy atom. The second-order valence-electron chi connectivity index (χ2n) is 4.27. The highest BCUT2D eigenvalue weighted by Gasteiger charge is 2.12. The Hall–Kier alpha value is -2.29. The van der Waals surface area contributed by atoms with Gasteiger partial charge in [0.05, 0.1) is 11.5 Å². The van der Waals surface area contributed by atoms with Gasteiger partial charge in [0.15, 0.2) is 0 Å². The lowest BCUT2D eigenvalue weighted by Crippen LogP contribution is -2.12. The van der Waals surface area contributed by atoms with Gasteiger partial charge in [-0.25, -0.2) is 8.42 Å². The molecule has 0 aliphatic carbocycles. The first-order valence-corrected chi connectivity index (χ1v) is 7.88. The van der Waals surface area contributed by atoms with E-state index in [4.69, 9.17) is 5.11 Å². The summed E-state index contributed by atoms with van der Waals surface area (Å²) in [4.78, 5) is 0.219. The molecule has 0 radical (unpaired) electrons. The van der Waals surface area contributed by atoms with Crippen LogP contribution in [0.3, 0.4) is 0 Å². The summed E-state index contributed by atoms with van der Waals surface area (Å²) in [6, 6.07) is 15.0. The van der Waals surface area contributed by atoms with E-state index in [2.05, 4.69) is 16.6 Å². The lowest BCUT2D eigenvalue weighted by molar-refractivity contribution is 0.305. The van der Waals surface area contributed by atoms with E-state index in [1.54, 1.807) is 42.5 Å². The molecule has 0 spiro atoms. The molecule has 4 nitrogen and oxygen atoms in total. The highest BCUT2D eigenvalue weighted by atomic mass is 32.2. The number of rotatable bonds is 4. The average Bonchev–Trinajstić information content (AvgIpc) is 2.50. The molecular weight excluding hydrogens is 286 g/mol. The van der Waals surface area contributed by atoms with Gasteiger partial charge in [-0.15, -0.1) is 0 Å². The van der Waals surface area contributed by atoms with Gasteiger partial charge in [-0.1, -0.05) is 30.0 Å². The van der Waals surface area contributed by atoms with E-state index in [-0.39, 0.29) is 11.5 Å². The van der Waals surface area contributed by atoms with Crippen molar-refractivity contribution in [3.05, 3.63) is 60.2 Å². The van der Waals surface area contributed by atoms with E-state index in [1.807, 2.05) is 0 Å². The van der Waals surface area contributed by atoms with Crippen LogP contribution < -0.4 is 4.72 Å². The van der Waals surface area contributed by atoms with E-state index >= 15 is 0 Å². The molecule has 2 aromatic carbocycles. The fraction of sp³-hybridized carbons (Fsp3) is 0.125. The van der Waals surface area contributed by atoms with Gasteiger partial charge in [0.25, 0.3) is 10.0 Å². The Balaban J connectivity index is 2.12. The smallest absolute Gasteiger partial charge is 0.261 e. The Kier molecular flexibility index (Phi) is 4.99. The third kappa shape index (κ3) is 4.35. The van der Waals surface area contributed by atoms with Crippen molar-refractivity contribution in [1.82, 2.24) is 0 Å². The zero-order valence-electron chi connectivity index (χ0n) is 11.3. The first-order valence-electron chi connectivity index (χ1n) is 6.39. The normalized spacial score (nSPS) is 10.5. The van der Waals surface area contributed by atoms with Crippen LogP contribution in [0.1, 0.15) is 12.0 Å². The van der Waals surface area contributed by atoms with Crippen LogP contribution in [0.2, 0.25) is 0 Å². The number of sulfonamides is 1. The van der Waals surface area contributed by atoms with Crippen molar-refractivity contribution in [2.75, 3.05) is 11.3 Å². The molecule has 108 valence electrons. The number of aliphatic hydroxyl groups is 1. The van der Waals surface area contributed by atoms with E-state index in [1.165, 1.54) is 12.1 Å². The largest absolute Gasteiger partial charge is 0.395 e. The third-order valence-electron chi connectivity index (χ3n) is 2.66. The van der Waals surface area contributed by atoms with E-state index < -0.39 is 10.0 Å². The van der Waals surface area contributed by atoms with Crippen molar-refractivity contribution >= 4 is 15.7 Å². The molecule has 0 saturated carbocycles. The van der Waals surface area contributed by atoms with E-state index in [0.29, 0.717) is 12.1 Å². The zero-order valence-corrected chi connectivity index (χ0v) is 12.1. The van der Waals surface area contributed by atoms with Crippen LogP contribution in [0.15, 0.2) is 59.5 Å². The first kappa shape index (κ1) is 15.1. The summed E-state index contributed by atoms with van der Waals surface area (Å²) in [5.74, 6) is 5.69. The van der Waals surface area contributed by atoms with Crippen LogP contribution in [-0.4, -0.2) is 20.1 Å². The predicted molar refractivity (Wildman–Crippen MR) is 82.3 cm³/mol. The second kappa shape index (κ2) is 6.93. The van der Waals surface area contributed by atoms with Gasteiger partial charge in [-0.05, 0) is 36.4 Å². The summed E-state index contributed by atoms with van der Waals surface area (Å²) in [5, 5.41) is 8.65. The maximum absolute atomic E-state index is 12.1. The maximum atomic E-state index is 12.1. The van der Waals surface area contributed by atoms with Crippen LogP contribution in [-0.2, 0) is 10.0 Å². The molecule has 0 fully saturated rings. The van der Waals surface area contributed by atoms with Gasteiger partial charge in [-0.3, -0.25) is 4.72 Å². The molecule has 0 amide bonds. The minimum atomic E-state index is -3.57. The number of hydrogen-bond donors (Lipinski definition) is 2. The molecule has 21 heavy (non-hydrogen) atoms. The minimum absolute atomic E-state index is 0.0297. The van der Waals surface area contributed by atoms with Crippen molar-refractivity contribution in [3.63, 3.8) is 0 Å². The highest BCUT2D eigenvalue weighted by Crippen LogP contribution is 2.16. The molecule has 0 aliphatic heterocycles. The van der Waals surface area contributed by atoms with Crippen molar-refractivity contribution in [3.8, 4) is 11.8 Å². The first-order chi connectivity index (χ1) is 10.1. The fourth-order valence-corrected chi connectivity index (χ4v) is 2.74.